The van der Waals surface area contributed by atoms with E-state index in [4.69, 9.17) is 23.2 Å². The van der Waals surface area contributed by atoms with Crippen LogP contribution in [0.2, 0.25) is 10.0 Å². The van der Waals surface area contributed by atoms with Gasteiger partial charge in [0.15, 0.2) is 6.29 Å². The molecule has 0 saturated heterocycles. The summed E-state index contributed by atoms with van der Waals surface area (Å²) in [6.45, 7) is 0. The van der Waals surface area contributed by atoms with Crippen molar-refractivity contribution in [2.75, 3.05) is 0 Å². The molecule has 0 N–H and O–H groups in total. The van der Waals surface area contributed by atoms with Gasteiger partial charge in [-0.1, -0.05) is 53.2 Å². The van der Waals surface area contributed by atoms with Crippen LogP contribution >= 0.6 is 35.0 Å². The summed E-state index contributed by atoms with van der Waals surface area (Å²) >= 11 is 13.4. The molecule has 86 valence electrons. The maximum Gasteiger partial charge on any atom is 0.151 e. The Bertz CT molecular complexity index is 555. The van der Waals surface area contributed by atoms with Gasteiger partial charge in [-0.25, -0.2) is 0 Å². The number of halogens is 2. The molecule has 0 saturated carbocycles. The summed E-state index contributed by atoms with van der Waals surface area (Å²) in [4.78, 5) is 12.6. The van der Waals surface area contributed by atoms with Crippen LogP contribution in [0.25, 0.3) is 0 Å². The predicted molar refractivity (Wildman–Crippen MR) is 72.4 cm³/mol. The number of benzene rings is 2. The van der Waals surface area contributed by atoms with E-state index in [1.54, 1.807) is 24.3 Å². The fourth-order valence-electron chi connectivity index (χ4n) is 1.37. The van der Waals surface area contributed by atoms with Crippen molar-refractivity contribution in [3.8, 4) is 0 Å². The van der Waals surface area contributed by atoms with E-state index in [2.05, 4.69) is 0 Å². The molecular weight excluding hydrogens is 275 g/mol. The maximum atomic E-state index is 10.9. The highest BCUT2D eigenvalue weighted by molar-refractivity contribution is 7.99. The van der Waals surface area contributed by atoms with Gasteiger partial charge in [-0.05, 0) is 24.3 Å². The molecular formula is C13H8Cl2OS. The van der Waals surface area contributed by atoms with E-state index in [1.807, 2.05) is 18.2 Å². The summed E-state index contributed by atoms with van der Waals surface area (Å²) in [5.74, 6) is 0. The predicted octanol–water partition coefficient (Wildman–Crippen LogP) is 4.96. The van der Waals surface area contributed by atoms with Crippen LogP contribution in [0, 0.1) is 0 Å². The Morgan fingerprint density at radius 2 is 1.82 bits per heavy atom. The van der Waals surface area contributed by atoms with E-state index < -0.39 is 0 Å². The normalized spacial score (nSPS) is 10.2. The Kier molecular flexibility index (Phi) is 4.11. The minimum atomic E-state index is 0.569. The first-order valence-corrected chi connectivity index (χ1v) is 6.45. The summed E-state index contributed by atoms with van der Waals surface area (Å²) in [6, 6.07) is 12.7. The molecule has 0 spiro atoms. The van der Waals surface area contributed by atoms with E-state index in [0.29, 0.717) is 15.6 Å². The van der Waals surface area contributed by atoms with Gasteiger partial charge in [0.2, 0.25) is 0 Å². The van der Waals surface area contributed by atoms with Gasteiger partial charge in [-0.3, -0.25) is 4.79 Å². The molecule has 1 nitrogen and oxygen atoms in total. The number of carbonyl (C=O) groups excluding carboxylic acids is 1. The van der Waals surface area contributed by atoms with E-state index >= 15 is 0 Å². The lowest BCUT2D eigenvalue weighted by Crippen LogP contribution is -1.86. The second-order valence-corrected chi connectivity index (χ2v) is 5.26. The quantitative estimate of drug-likeness (QED) is 0.741. The lowest BCUT2D eigenvalue weighted by atomic mass is 10.2. The summed E-state index contributed by atoms with van der Waals surface area (Å²) in [5, 5.41) is 1.23. The average Bonchev–Trinajstić information content (AvgIpc) is 2.32. The van der Waals surface area contributed by atoms with Crippen LogP contribution in [0.15, 0.2) is 52.3 Å². The lowest BCUT2D eigenvalue weighted by Gasteiger charge is -2.07. The van der Waals surface area contributed by atoms with Gasteiger partial charge in [0.1, 0.15) is 0 Å². The van der Waals surface area contributed by atoms with Crippen LogP contribution in [0.4, 0.5) is 0 Å². The third kappa shape index (κ3) is 3.03. The summed E-state index contributed by atoms with van der Waals surface area (Å²) in [7, 11) is 0. The number of rotatable bonds is 3. The third-order valence-electron chi connectivity index (χ3n) is 2.14. The van der Waals surface area contributed by atoms with Crippen molar-refractivity contribution in [2.45, 2.75) is 9.79 Å². The molecule has 4 heteroatoms. The highest BCUT2D eigenvalue weighted by Crippen LogP contribution is 2.36. The van der Waals surface area contributed by atoms with Crippen LogP contribution in [0.5, 0.6) is 0 Å². The molecule has 0 unspecified atom stereocenters. The van der Waals surface area contributed by atoms with E-state index in [-0.39, 0.29) is 0 Å². The molecule has 0 bridgehead atoms. The van der Waals surface area contributed by atoms with Crippen LogP contribution < -0.4 is 0 Å². The van der Waals surface area contributed by atoms with E-state index in [9.17, 15) is 4.79 Å². The molecule has 0 amide bonds. The minimum absolute atomic E-state index is 0.569. The topological polar surface area (TPSA) is 17.1 Å². The fraction of sp³-hybridized carbons (Fsp3) is 0. The maximum absolute atomic E-state index is 10.9. The second kappa shape index (κ2) is 5.58. The molecule has 0 heterocycles. The minimum Gasteiger partial charge on any atom is -0.298 e. The summed E-state index contributed by atoms with van der Waals surface area (Å²) < 4.78 is 0. The largest absolute Gasteiger partial charge is 0.298 e. The molecule has 17 heavy (non-hydrogen) atoms. The summed E-state index contributed by atoms with van der Waals surface area (Å²) in [6.07, 6.45) is 0.804. The van der Waals surface area contributed by atoms with Crippen molar-refractivity contribution < 1.29 is 4.79 Å². The van der Waals surface area contributed by atoms with E-state index in [0.717, 1.165) is 16.1 Å². The van der Waals surface area contributed by atoms with Gasteiger partial charge < -0.3 is 0 Å². The Labute approximate surface area is 114 Å². The molecule has 0 aromatic heterocycles. The second-order valence-electron chi connectivity index (χ2n) is 3.34. The van der Waals surface area contributed by atoms with Crippen molar-refractivity contribution >= 4 is 41.2 Å². The Hall–Kier alpha value is -0.960. The number of hydrogen-bond donors (Lipinski definition) is 0. The van der Waals surface area contributed by atoms with Crippen molar-refractivity contribution in [1.82, 2.24) is 0 Å². The molecule has 0 aliphatic heterocycles. The molecule has 2 aromatic carbocycles. The van der Waals surface area contributed by atoms with Crippen molar-refractivity contribution in [3.63, 3.8) is 0 Å². The Morgan fingerprint density at radius 3 is 2.53 bits per heavy atom. The van der Waals surface area contributed by atoms with Gasteiger partial charge in [-0.2, -0.15) is 0 Å². The average molecular weight is 283 g/mol. The van der Waals surface area contributed by atoms with Crippen molar-refractivity contribution in [2.24, 2.45) is 0 Å². The van der Waals surface area contributed by atoms with Gasteiger partial charge in [0, 0.05) is 20.4 Å². The highest BCUT2D eigenvalue weighted by atomic mass is 35.5. The van der Waals surface area contributed by atoms with Crippen LogP contribution in [-0.2, 0) is 0 Å². The van der Waals surface area contributed by atoms with Gasteiger partial charge in [-0.15, -0.1) is 0 Å². The van der Waals surface area contributed by atoms with Crippen LogP contribution in [0.3, 0.4) is 0 Å². The van der Waals surface area contributed by atoms with Crippen LogP contribution in [-0.4, -0.2) is 6.29 Å². The number of hydrogen-bond acceptors (Lipinski definition) is 2. The van der Waals surface area contributed by atoms with Crippen molar-refractivity contribution in [1.29, 1.82) is 0 Å². The monoisotopic (exact) mass is 282 g/mol. The molecule has 2 aromatic rings. The van der Waals surface area contributed by atoms with Gasteiger partial charge >= 0.3 is 0 Å². The fourth-order valence-corrected chi connectivity index (χ4v) is 2.89. The number of carbonyl (C=O) groups is 1. The number of aldehydes is 1. The molecule has 0 atom stereocenters. The zero-order valence-electron chi connectivity index (χ0n) is 8.69. The van der Waals surface area contributed by atoms with Crippen molar-refractivity contribution in [3.05, 3.63) is 58.1 Å². The standard InChI is InChI=1S/C13H8Cl2OS/c14-10-4-2-5-11(7-10)17-13-9(8-16)3-1-6-12(13)15/h1-8H. The molecule has 0 radical (unpaired) electrons. The lowest BCUT2D eigenvalue weighted by molar-refractivity contribution is 0.112. The highest BCUT2D eigenvalue weighted by Gasteiger charge is 2.08. The first-order valence-electron chi connectivity index (χ1n) is 4.88. The smallest absolute Gasteiger partial charge is 0.151 e. The zero-order chi connectivity index (χ0) is 12.3. The van der Waals surface area contributed by atoms with E-state index in [1.165, 1.54) is 11.8 Å². The molecule has 0 aliphatic carbocycles. The molecule has 2 rings (SSSR count). The first-order chi connectivity index (χ1) is 8.20. The zero-order valence-corrected chi connectivity index (χ0v) is 11.0. The third-order valence-corrected chi connectivity index (χ3v) is 3.95. The Morgan fingerprint density at radius 1 is 1.06 bits per heavy atom. The SMILES string of the molecule is O=Cc1cccc(Cl)c1Sc1cccc(Cl)c1. The van der Waals surface area contributed by atoms with Crippen LogP contribution in [0.1, 0.15) is 10.4 Å². The van der Waals surface area contributed by atoms with Gasteiger partial charge in [0.25, 0.3) is 0 Å². The summed E-state index contributed by atoms with van der Waals surface area (Å²) in [5.41, 5.74) is 0.586. The Balaban J connectivity index is 2.39. The van der Waals surface area contributed by atoms with Gasteiger partial charge in [0.05, 0.1) is 5.02 Å². The molecule has 0 aliphatic rings. The molecule has 0 fully saturated rings. The first kappa shape index (κ1) is 12.5.